The van der Waals surface area contributed by atoms with Crippen LogP contribution in [0, 0.1) is 15.5 Å². The van der Waals surface area contributed by atoms with Gasteiger partial charge in [0.15, 0.2) is 0 Å². The van der Waals surface area contributed by atoms with Crippen LogP contribution in [0.5, 0.6) is 0 Å². The summed E-state index contributed by atoms with van der Waals surface area (Å²) in [7, 11) is 0. The molecule has 1 fully saturated rings. The van der Waals surface area contributed by atoms with E-state index in [1.807, 2.05) is 0 Å². The molecule has 2 rings (SSSR count). The van der Waals surface area contributed by atoms with Gasteiger partial charge in [-0.1, -0.05) is 13.8 Å². The molecular formula is C12H14N2O4. The number of carboxylic acids is 1. The summed E-state index contributed by atoms with van der Waals surface area (Å²) < 4.78 is 0. The number of nitrogens with one attached hydrogen (secondary N) is 1. The third-order valence-electron chi connectivity index (χ3n) is 3.28. The van der Waals surface area contributed by atoms with Crippen LogP contribution in [0.1, 0.15) is 30.6 Å². The van der Waals surface area contributed by atoms with Crippen LogP contribution in [0.25, 0.3) is 0 Å². The smallest absolute Gasteiger partial charge is 0.342 e. The molecular weight excluding hydrogens is 236 g/mol. The van der Waals surface area contributed by atoms with E-state index >= 15 is 0 Å². The number of hydrogen-bond donors (Lipinski definition) is 2. The third-order valence-corrected chi connectivity index (χ3v) is 3.28. The van der Waals surface area contributed by atoms with E-state index in [-0.39, 0.29) is 16.7 Å². The summed E-state index contributed by atoms with van der Waals surface area (Å²) in [6, 6.07) is 4.37. The lowest BCUT2D eigenvalue weighted by Gasteiger charge is -2.09. The van der Waals surface area contributed by atoms with E-state index in [0.29, 0.717) is 11.7 Å². The van der Waals surface area contributed by atoms with Crippen LogP contribution < -0.4 is 5.32 Å². The number of anilines is 1. The molecule has 0 aliphatic heterocycles. The van der Waals surface area contributed by atoms with Crippen LogP contribution in [0.4, 0.5) is 11.4 Å². The number of nitrogens with zero attached hydrogens (tertiary/aromatic N) is 1. The van der Waals surface area contributed by atoms with E-state index in [4.69, 9.17) is 5.11 Å². The summed E-state index contributed by atoms with van der Waals surface area (Å²) >= 11 is 0. The monoisotopic (exact) mass is 250 g/mol. The molecule has 2 N–H and O–H groups in total. The van der Waals surface area contributed by atoms with Gasteiger partial charge in [0.1, 0.15) is 5.56 Å². The van der Waals surface area contributed by atoms with Crippen molar-refractivity contribution in [3.8, 4) is 0 Å². The van der Waals surface area contributed by atoms with Gasteiger partial charge in [0, 0.05) is 17.8 Å². The SMILES string of the molecule is CC1(C)CC1Nc1ccc([N+](=O)[O-])c(C(=O)O)c1. The molecule has 0 spiro atoms. The molecule has 96 valence electrons. The molecule has 1 unspecified atom stereocenters. The van der Waals surface area contributed by atoms with Crippen LogP contribution in [0.15, 0.2) is 18.2 Å². The average molecular weight is 250 g/mol. The van der Waals surface area contributed by atoms with Crippen molar-refractivity contribution >= 4 is 17.3 Å². The zero-order valence-electron chi connectivity index (χ0n) is 10.1. The van der Waals surface area contributed by atoms with Crippen LogP contribution >= 0.6 is 0 Å². The zero-order valence-corrected chi connectivity index (χ0v) is 10.1. The first-order chi connectivity index (χ1) is 8.31. The lowest BCUT2D eigenvalue weighted by Crippen LogP contribution is -2.10. The summed E-state index contributed by atoms with van der Waals surface area (Å²) in [6.07, 6.45) is 1.01. The molecule has 1 saturated carbocycles. The standard InChI is InChI=1S/C12H14N2O4/c1-12(2)6-10(12)13-7-3-4-9(14(17)18)8(5-7)11(15)16/h3-5,10,13H,6H2,1-2H3,(H,15,16). The molecule has 0 amide bonds. The molecule has 1 aliphatic rings. The Kier molecular flexibility index (Phi) is 2.73. The molecule has 18 heavy (non-hydrogen) atoms. The van der Waals surface area contributed by atoms with Crippen LogP contribution in [-0.2, 0) is 0 Å². The number of aromatic carboxylic acids is 1. The van der Waals surface area contributed by atoms with Gasteiger partial charge in [-0.2, -0.15) is 0 Å². The maximum atomic E-state index is 11.0. The fraction of sp³-hybridized carbons (Fsp3) is 0.417. The Morgan fingerprint density at radius 2 is 2.17 bits per heavy atom. The molecule has 1 aromatic carbocycles. The van der Waals surface area contributed by atoms with Gasteiger partial charge in [-0.15, -0.1) is 0 Å². The van der Waals surface area contributed by atoms with E-state index < -0.39 is 10.9 Å². The minimum atomic E-state index is -1.29. The Balaban J connectivity index is 2.26. The van der Waals surface area contributed by atoms with Crippen molar-refractivity contribution < 1.29 is 14.8 Å². The number of nitro benzene ring substituents is 1. The summed E-state index contributed by atoms with van der Waals surface area (Å²) in [5.74, 6) is -1.29. The second-order valence-electron chi connectivity index (χ2n) is 5.18. The number of carbonyl (C=O) groups is 1. The molecule has 0 radical (unpaired) electrons. The van der Waals surface area contributed by atoms with Crippen molar-refractivity contribution in [2.24, 2.45) is 5.41 Å². The van der Waals surface area contributed by atoms with E-state index in [0.717, 1.165) is 6.42 Å². The van der Waals surface area contributed by atoms with E-state index in [9.17, 15) is 14.9 Å². The first kappa shape index (κ1) is 12.3. The number of hydrogen-bond acceptors (Lipinski definition) is 4. The number of rotatable bonds is 4. The van der Waals surface area contributed by atoms with Gasteiger partial charge >= 0.3 is 5.97 Å². The predicted octanol–water partition coefficient (Wildman–Crippen LogP) is 2.50. The van der Waals surface area contributed by atoms with Gasteiger partial charge < -0.3 is 10.4 Å². The van der Waals surface area contributed by atoms with Gasteiger partial charge in [0.25, 0.3) is 5.69 Å². The Morgan fingerprint density at radius 3 is 2.61 bits per heavy atom. The summed E-state index contributed by atoms with van der Waals surface area (Å²) in [5, 5.41) is 22.8. The van der Waals surface area contributed by atoms with Crippen LogP contribution in [0.2, 0.25) is 0 Å². The quantitative estimate of drug-likeness (QED) is 0.632. The minimum absolute atomic E-state index is 0.200. The van der Waals surface area contributed by atoms with Crippen molar-refractivity contribution in [3.05, 3.63) is 33.9 Å². The van der Waals surface area contributed by atoms with Crippen LogP contribution in [-0.4, -0.2) is 22.0 Å². The van der Waals surface area contributed by atoms with E-state index in [1.165, 1.54) is 12.1 Å². The lowest BCUT2D eigenvalue weighted by atomic mass is 10.1. The van der Waals surface area contributed by atoms with Gasteiger partial charge in [-0.3, -0.25) is 10.1 Å². The van der Waals surface area contributed by atoms with Gasteiger partial charge in [0.2, 0.25) is 0 Å². The largest absolute Gasteiger partial charge is 0.477 e. The van der Waals surface area contributed by atoms with Gasteiger partial charge in [-0.25, -0.2) is 4.79 Å². The Bertz CT molecular complexity index is 525. The Morgan fingerprint density at radius 1 is 1.56 bits per heavy atom. The van der Waals surface area contributed by atoms with Crippen molar-refractivity contribution in [2.75, 3.05) is 5.32 Å². The molecule has 1 aliphatic carbocycles. The number of carboxylic acid groups (broad SMARTS) is 1. The highest BCUT2D eigenvalue weighted by molar-refractivity contribution is 5.93. The topological polar surface area (TPSA) is 92.5 Å². The molecule has 0 heterocycles. The molecule has 0 saturated heterocycles. The molecule has 6 nitrogen and oxygen atoms in total. The first-order valence-corrected chi connectivity index (χ1v) is 5.59. The second kappa shape index (κ2) is 3.97. The van der Waals surface area contributed by atoms with Crippen LogP contribution in [0.3, 0.4) is 0 Å². The highest BCUT2D eigenvalue weighted by Crippen LogP contribution is 2.46. The zero-order chi connectivity index (χ0) is 13.5. The van der Waals surface area contributed by atoms with Crippen molar-refractivity contribution in [3.63, 3.8) is 0 Å². The maximum absolute atomic E-state index is 11.0. The molecule has 6 heteroatoms. The average Bonchev–Trinajstić information content (AvgIpc) is 2.85. The molecule has 0 aromatic heterocycles. The molecule has 0 bridgehead atoms. The highest BCUT2D eigenvalue weighted by Gasteiger charge is 2.45. The summed E-state index contributed by atoms with van der Waals surface area (Å²) in [6.45, 7) is 4.21. The van der Waals surface area contributed by atoms with E-state index in [2.05, 4.69) is 19.2 Å². The Hall–Kier alpha value is -2.11. The molecule has 1 aromatic rings. The number of nitro groups is 1. The lowest BCUT2D eigenvalue weighted by molar-refractivity contribution is -0.385. The van der Waals surface area contributed by atoms with E-state index in [1.54, 1.807) is 6.07 Å². The van der Waals surface area contributed by atoms with Gasteiger partial charge in [0.05, 0.1) is 4.92 Å². The van der Waals surface area contributed by atoms with Crippen molar-refractivity contribution in [1.82, 2.24) is 0 Å². The summed E-state index contributed by atoms with van der Waals surface area (Å²) in [5.41, 5.74) is 0.130. The fourth-order valence-corrected chi connectivity index (χ4v) is 1.87. The summed E-state index contributed by atoms with van der Waals surface area (Å²) in [4.78, 5) is 21.0. The minimum Gasteiger partial charge on any atom is -0.477 e. The van der Waals surface area contributed by atoms with Crippen molar-refractivity contribution in [1.29, 1.82) is 0 Å². The predicted molar refractivity (Wildman–Crippen MR) is 65.9 cm³/mol. The Labute approximate surface area is 104 Å². The number of benzene rings is 1. The molecule has 1 atom stereocenters. The maximum Gasteiger partial charge on any atom is 0.342 e. The van der Waals surface area contributed by atoms with Gasteiger partial charge in [-0.05, 0) is 24.0 Å². The first-order valence-electron chi connectivity index (χ1n) is 5.59. The fourth-order valence-electron chi connectivity index (χ4n) is 1.87. The van der Waals surface area contributed by atoms with Crippen molar-refractivity contribution in [2.45, 2.75) is 26.3 Å². The highest BCUT2D eigenvalue weighted by atomic mass is 16.6. The normalized spacial score (nSPS) is 20.2. The second-order valence-corrected chi connectivity index (χ2v) is 5.18. The third kappa shape index (κ3) is 2.27.